The fourth-order valence-corrected chi connectivity index (χ4v) is 3.38. The molecule has 8 heteroatoms. The van der Waals surface area contributed by atoms with Crippen molar-refractivity contribution < 1.29 is 19.1 Å². The Hall–Kier alpha value is -3.91. The van der Waals surface area contributed by atoms with Crippen molar-refractivity contribution in [3.8, 4) is 23.0 Å². The number of rotatable bonds is 5. The first kappa shape index (κ1) is 21.3. The number of oxazole rings is 1. The van der Waals surface area contributed by atoms with E-state index in [0.717, 1.165) is 5.56 Å². The lowest BCUT2D eigenvalue weighted by Gasteiger charge is -2.11. The predicted molar refractivity (Wildman–Crippen MR) is 127 cm³/mol. The Balaban J connectivity index is 1.45. The second-order valence-electron chi connectivity index (χ2n) is 7.09. The number of carbonyl (C=O) groups excluding carboxylic acids is 1. The molecular weight excluding hydrogens is 426 g/mol. The van der Waals surface area contributed by atoms with E-state index in [0.29, 0.717) is 46.2 Å². The largest absolute Gasteiger partial charge is 0.507 e. The molecule has 4 rings (SSSR count). The van der Waals surface area contributed by atoms with E-state index in [1.165, 1.54) is 6.07 Å². The zero-order valence-electron chi connectivity index (χ0n) is 17.5. The Bertz CT molecular complexity index is 1320. The Morgan fingerprint density at radius 3 is 2.78 bits per heavy atom. The van der Waals surface area contributed by atoms with Gasteiger partial charge in [-0.25, -0.2) is 4.98 Å². The topological polar surface area (TPSA) is 96.6 Å². The number of nitrogens with one attached hydrogen (secondary N) is 2. The summed E-state index contributed by atoms with van der Waals surface area (Å²) in [7, 11) is 0. The van der Waals surface area contributed by atoms with E-state index in [-0.39, 0.29) is 16.8 Å². The Morgan fingerprint density at radius 1 is 1.16 bits per heavy atom. The van der Waals surface area contributed by atoms with Gasteiger partial charge in [0.1, 0.15) is 17.0 Å². The molecule has 0 saturated carbocycles. The number of hydrogen-bond donors (Lipinski definition) is 3. The summed E-state index contributed by atoms with van der Waals surface area (Å²) in [6, 6.07) is 17.4. The van der Waals surface area contributed by atoms with Crippen LogP contribution in [0.25, 0.3) is 22.6 Å². The smallest absolute Gasteiger partial charge is 0.257 e. The average Bonchev–Trinajstić information content (AvgIpc) is 3.17. The van der Waals surface area contributed by atoms with Crippen LogP contribution in [0.3, 0.4) is 0 Å². The fraction of sp³-hybridized carbons (Fsp3) is 0.125. The molecule has 0 bridgehead atoms. The maximum Gasteiger partial charge on any atom is 0.257 e. The van der Waals surface area contributed by atoms with Crippen LogP contribution >= 0.6 is 12.2 Å². The molecule has 1 heterocycles. The molecule has 32 heavy (non-hydrogen) atoms. The standard InChI is InChI=1S/C24H21N3O4S/c1-3-30-17-6-4-5-15(12-17)22(29)27-24(32)25-16-8-9-18(20(28)13-16)23-26-19-10-7-14(2)11-21(19)31-23/h4-13,28H,3H2,1-2H3,(H2,25,27,29,32). The molecule has 4 aromatic rings. The molecule has 0 unspecified atom stereocenters. The van der Waals surface area contributed by atoms with Crippen LogP contribution in [0.4, 0.5) is 5.69 Å². The van der Waals surface area contributed by atoms with E-state index in [4.69, 9.17) is 21.4 Å². The van der Waals surface area contributed by atoms with Crippen LogP contribution in [-0.2, 0) is 0 Å². The van der Waals surface area contributed by atoms with E-state index < -0.39 is 0 Å². The number of nitrogens with zero attached hydrogens (tertiary/aromatic N) is 1. The molecule has 0 fully saturated rings. The van der Waals surface area contributed by atoms with Crippen LogP contribution in [-0.4, -0.2) is 27.7 Å². The van der Waals surface area contributed by atoms with Crippen molar-refractivity contribution in [2.75, 3.05) is 11.9 Å². The first-order valence-corrected chi connectivity index (χ1v) is 10.4. The van der Waals surface area contributed by atoms with Gasteiger partial charge in [0.05, 0.1) is 12.2 Å². The van der Waals surface area contributed by atoms with Gasteiger partial charge in [0, 0.05) is 17.3 Å². The lowest BCUT2D eigenvalue weighted by molar-refractivity contribution is 0.0977. The highest BCUT2D eigenvalue weighted by molar-refractivity contribution is 7.80. The highest BCUT2D eigenvalue weighted by Crippen LogP contribution is 2.33. The lowest BCUT2D eigenvalue weighted by Crippen LogP contribution is -2.34. The van der Waals surface area contributed by atoms with Crippen LogP contribution < -0.4 is 15.4 Å². The van der Waals surface area contributed by atoms with Crippen molar-refractivity contribution in [1.29, 1.82) is 0 Å². The number of aryl methyl sites for hydroxylation is 1. The number of hydrogen-bond acceptors (Lipinski definition) is 6. The molecule has 162 valence electrons. The molecule has 7 nitrogen and oxygen atoms in total. The van der Waals surface area contributed by atoms with Crippen molar-refractivity contribution in [1.82, 2.24) is 10.3 Å². The van der Waals surface area contributed by atoms with Gasteiger partial charge in [-0.05, 0) is 74.1 Å². The molecule has 0 spiro atoms. The lowest BCUT2D eigenvalue weighted by atomic mass is 10.2. The number of thiocarbonyl (C=S) groups is 1. The van der Waals surface area contributed by atoms with E-state index >= 15 is 0 Å². The normalized spacial score (nSPS) is 10.7. The van der Waals surface area contributed by atoms with Crippen molar-refractivity contribution in [2.24, 2.45) is 0 Å². The quantitative estimate of drug-likeness (QED) is 0.369. The maximum atomic E-state index is 12.5. The number of ether oxygens (including phenoxy) is 1. The highest BCUT2D eigenvalue weighted by Gasteiger charge is 2.14. The molecule has 3 N–H and O–H groups in total. The number of aromatic hydroxyl groups is 1. The van der Waals surface area contributed by atoms with E-state index in [9.17, 15) is 9.90 Å². The minimum atomic E-state index is -0.369. The summed E-state index contributed by atoms with van der Waals surface area (Å²) < 4.78 is 11.2. The van der Waals surface area contributed by atoms with Gasteiger partial charge in [0.2, 0.25) is 5.89 Å². The molecule has 1 amide bonds. The van der Waals surface area contributed by atoms with Crippen LogP contribution in [0.1, 0.15) is 22.8 Å². The van der Waals surface area contributed by atoms with Gasteiger partial charge in [-0.3, -0.25) is 10.1 Å². The number of anilines is 1. The zero-order valence-corrected chi connectivity index (χ0v) is 18.3. The van der Waals surface area contributed by atoms with Gasteiger partial charge in [-0.1, -0.05) is 12.1 Å². The third-order valence-corrected chi connectivity index (χ3v) is 4.87. The minimum Gasteiger partial charge on any atom is -0.507 e. The third-order valence-electron chi connectivity index (χ3n) is 4.66. The first-order chi connectivity index (χ1) is 15.4. The van der Waals surface area contributed by atoms with Gasteiger partial charge in [0.25, 0.3) is 5.91 Å². The maximum absolute atomic E-state index is 12.5. The van der Waals surface area contributed by atoms with Crippen molar-refractivity contribution >= 4 is 40.0 Å². The molecule has 0 aliphatic rings. The van der Waals surface area contributed by atoms with Gasteiger partial charge < -0.3 is 19.6 Å². The number of aromatic nitrogens is 1. The van der Waals surface area contributed by atoms with E-state index in [1.807, 2.05) is 32.0 Å². The van der Waals surface area contributed by atoms with Crippen molar-refractivity contribution in [2.45, 2.75) is 13.8 Å². The summed E-state index contributed by atoms with van der Waals surface area (Å²) in [6.07, 6.45) is 0. The second-order valence-corrected chi connectivity index (χ2v) is 7.50. The zero-order chi connectivity index (χ0) is 22.7. The van der Waals surface area contributed by atoms with Gasteiger partial charge in [-0.2, -0.15) is 0 Å². The Morgan fingerprint density at radius 2 is 2.00 bits per heavy atom. The fourth-order valence-electron chi connectivity index (χ4n) is 3.17. The number of fused-ring (bicyclic) bond motifs is 1. The van der Waals surface area contributed by atoms with Crippen LogP contribution in [0.15, 0.2) is 65.1 Å². The number of phenolic OH excluding ortho intramolecular Hbond substituents is 1. The first-order valence-electron chi connectivity index (χ1n) is 9.98. The van der Waals surface area contributed by atoms with Gasteiger partial charge in [-0.15, -0.1) is 0 Å². The summed E-state index contributed by atoms with van der Waals surface area (Å²) in [5.74, 6) is 0.525. The van der Waals surface area contributed by atoms with Crippen LogP contribution in [0.2, 0.25) is 0 Å². The van der Waals surface area contributed by atoms with Crippen molar-refractivity contribution in [3.63, 3.8) is 0 Å². The third kappa shape index (κ3) is 4.70. The van der Waals surface area contributed by atoms with Crippen LogP contribution in [0, 0.1) is 6.92 Å². The van der Waals surface area contributed by atoms with Crippen LogP contribution in [0.5, 0.6) is 11.5 Å². The number of phenols is 1. The Kier molecular flexibility index (Phi) is 6.04. The summed E-state index contributed by atoms with van der Waals surface area (Å²) in [4.78, 5) is 16.9. The molecule has 0 atom stereocenters. The minimum absolute atomic E-state index is 0.0307. The molecule has 0 aliphatic heterocycles. The Labute approximate surface area is 190 Å². The summed E-state index contributed by atoms with van der Waals surface area (Å²) in [6.45, 7) is 4.35. The summed E-state index contributed by atoms with van der Waals surface area (Å²) in [5.41, 5.74) is 3.80. The number of benzene rings is 3. The summed E-state index contributed by atoms with van der Waals surface area (Å²) >= 11 is 5.23. The van der Waals surface area contributed by atoms with Crippen molar-refractivity contribution in [3.05, 3.63) is 71.8 Å². The highest BCUT2D eigenvalue weighted by atomic mass is 32.1. The molecule has 3 aromatic carbocycles. The number of amides is 1. The monoisotopic (exact) mass is 447 g/mol. The SMILES string of the molecule is CCOc1cccc(C(=O)NC(=S)Nc2ccc(-c3nc4ccc(C)cc4o3)c(O)c2)c1. The molecule has 0 saturated heterocycles. The van der Waals surface area contributed by atoms with Gasteiger partial charge in [0.15, 0.2) is 10.7 Å². The molecule has 1 aromatic heterocycles. The predicted octanol–water partition coefficient (Wildman–Crippen LogP) is 5.03. The number of carbonyl (C=O) groups is 1. The summed E-state index contributed by atoms with van der Waals surface area (Å²) in [5, 5.41) is 16.1. The average molecular weight is 448 g/mol. The second kappa shape index (κ2) is 9.07. The molecular formula is C24H21N3O4S. The molecule has 0 radical (unpaired) electrons. The van der Waals surface area contributed by atoms with Gasteiger partial charge >= 0.3 is 0 Å². The van der Waals surface area contributed by atoms with E-state index in [2.05, 4.69) is 15.6 Å². The van der Waals surface area contributed by atoms with E-state index in [1.54, 1.807) is 36.4 Å². The molecule has 0 aliphatic carbocycles.